The maximum atomic E-state index is 12.8. The zero-order valence-electron chi connectivity index (χ0n) is 18.6. The molecule has 3 heterocycles. The third-order valence-electron chi connectivity index (χ3n) is 6.10. The molecule has 0 atom stereocenters. The van der Waals surface area contributed by atoms with Crippen molar-refractivity contribution in [3.8, 4) is 0 Å². The molecule has 0 unspecified atom stereocenters. The average molecular weight is 438 g/mol. The molecule has 0 aliphatic heterocycles. The molecule has 0 spiro atoms. The van der Waals surface area contributed by atoms with Crippen LogP contribution in [0.1, 0.15) is 45.4 Å². The fraction of sp³-hybridized carbons (Fsp3) is 0.435. The topological polar surface area (TPSA) is 112 Å². The predicted molar refractivity (Wildman–Crippen MR) is 125 cm³/mol. The lowest BCUT2D eigenvalue weighted by atomic mass is 10.1. The second-order valence-corrected chi connectivity index (χ2v) is 8.31. The smallest absolute Gasteiger partial charge is 0.327 e. The molecule has 168 valence electrons. The highest BCUT2D eigenvalue weighted by Gasteiger charge is 2.15. The molecular formula is C23H27N5O4. The largest absolute Gasteiger partial charge is 0.350 e. The van der Waals surface area contributed by atoms with Gasteiger partial charge in [0.1, 0.15) is 5.65 Å². The Morgan fingerprint density at radius 1 is 0.844 bits per heavy atom. The predicted octanol–water partition coefficient (Wildman–Crippen LogP) is 2.15. The van der Waals surface area contributed by atoms with Crippen LogP contribution in [0.4, 0.5) is 0 Å². The SMILES string of the molecule is CCCCCCCCn1c2cc3nc(=O)n(C)c(=O)c3cc2cc2c(=O)n(C)c(=O)[nH]c21. The van der Waals surface area contributed by atoms with Crippen LogP contribution in [0.25, 0.3) is 32.8 Å². The molecule has 0 radical (unpaired) electrons. The number of hydrogen-bond donors (Lipinski definition) is 1. The molecule has 0 saturated carbocycles. The monoisotopic (exact) mass is 437 g/mol. The van der Waals surface area contributed by atoms with Crippen LogP contribution in [-0.4, -0.2) is 23.7 Å². The van der Waals surface area contributed by atoms with Crippen LogP contribution < -0.4 is 22.5 Å². The number of nitrogens with one attached hydrogen (secondary N) is 1. The van der Waals surface area contributed by atoms with E-state index in [1.807, 2.05) is 4.57 Å². The summed E-state index contributed by atoms with van der Waals surface area (Å²) < 4.78 is 3.90. The Labute approximate surface area is 183 Å². The van der Waals surface area contributed by atoms with Crippen molar-refractivity contribution >= 4 is 32.8 Å². The third kappa shape index (κ3) is 3.68. The Morgan fingerprint density at radius 2 is 1.50 bits per heavy atom. The molecule has 0 aliphatic rings. The lowest BCUT2D eigenvalue weighted by Crippen LogP contribution is -2.33. The number of rotatable bonds is 7. The standard InChI is InChI=1S/C23H27N5O4/c1-4-5-6-7-8-9-10-28-18-13-17-15(20(29)26(2)22(31)24-17)11-14(18)12-16-19(28)25-23(32)27(3)21(16)30/h11-13H,4-10H2,1-3H3,(H,25,32). The molecule has 0 aliphatic carbocycles. The first-order chi connectivity index (χ1) is 15.3. The van der Waals surface area contributed by atoms with E-state index in [0.29, 0.717) is 39.4 Å². The van der Waals surface area contributed by atoms with Gasteiger partial charge in [-0.25, -0.2) is 9.59 Å². The number of nitrogens with zero attached hydrogens (tertiary/aromatic N) is 4. The van der Waals surface area contributed by atoms with Crippen molar-refractivity contribution in [2.45, 2.75) is 52.0 Å². The zero-order chi connectivity index (χ0) is 23.0. The van der Waals surface area contributed by atoms with Gasteiger partial charge in [0.2, 0.25) is 0 Å². The van der Waals surface area contributed by atoms with E-state index in [1.165, 1.54) is 33.4 Å². The summed E-state index contributed by atoms with van der Waals surface area (Å²) in [4.78, 5) is 56.7. The number of pyridine rings is 1. The summed E-state index contributed by atoms with van der Waals surface area (Å²) in [7, 11) is 2.82. The second-order valence-electron chi connectivity index (χ2n) is 8.31. The van der Waals surface area contributed by atoms with Gasteiger partial charge in [-0.2, -0.15) is 4.98 Å². The number of aromatic nitrogens is 5. The first-order valence-corrected chi connectivity index (χ1v) is 11.0. The Morgan fingerprint density at radius 3 is 2.25 bits per heavy atom. The van der Waals surface area contributed by atoms with Gasteiger partial charge in [-0.3, -0.25) is 23.7 Å². The Kier molecular flexibility index (Phi) is 5.82. The van der Waals surface area contributed by atoms with Crippen molar-refractivity contribution in [2.75, 3.05) is 0 Å². The van der Waals surface area contributed by atoms with E-state index in [9.17, 15) is 19.2 Å². The van der Waals surface area contributed by atoms with E-state index in [-0.39, 0.29) is 0 Å². The van der Waals surface area contributed by atoms with Gasteiger partial charge >= 0.3 is 11.4 Å². The summed E-state index contributed by atoms with van der Waals surface area (Å²) >= 11 is 0. The highest BCUT2D eigenvalue weighted by Crippen LogP contribution is 2.24. The van der Waals surface area contributed by atoms with Gasteiger partial charge in [-0.15, -0.1) is 0 Å². The van der Waals surface area contributed by atoms with E-state index in [2.05, 4.69) is 16.9 Å². The third-order valence-corrected chi connectivity index (χ3v) is 6.10. The second kappa shape index (κ2) is 8.57. The molecule has 0 amide bonds. The minimum absolute atomic E-state index is 0.299. The van der Waals surface area contributed by atoms with Crippen LogP contribution in [0, 0.1) is 0 Å². The lowest BCUT2D eigenvalue weighted by Gasteiger charge is -2.16. The van der Waals surface area contributed by atoms with Crippen LogP contribution in [-0.2, 0) is 20.6 Å². The summed E-state index contributed by atoms with van der Waals surface area (Å²) in [5.41, 5.74) is -0.497. The summed E-state index contributed by atoms with van der Waals surface area (Å²) in [6, 6.07) is 5.05. The molecule has 1 N–H and O–H groups in total. The van der Waals surface area contributed by atoms with Crippen LogP contribution in [0.3, 0.4) is 0 Å². The van der Waals surface area contributed by atoms with Gasteiger partial charge in [0.15, 0.2) is 0 Å². The molecule has 32 heavy (non-hydrogen) atoms. The minimum Gasteiger partial charge on any atom is -0.327 e. The Bertz CT molecular complexity index is 1570. The molecule has 9 heteroatoms. The summed E-state index contributed by atoms with van der Waals surface area (Å²) in [6.07, 6.45) is 6.58. The first-order valence-electron chi connectivity index (χ1n) is 11.0. The van der Waals surface area contributed by atoms with Crippen LogP contribution in [0.5, 0.6) is 0 Å². The minimum atomic E-state index is -0.618. The number of aromatic amines is 1. The van der Waals surface area contributed by atoms with Crippen LogP contribution >= 0.6 is 0 Å². The molecule has 0 saturated heterocycles. The molecule has 0 bridgehead atoms. The van der Waals surface area contributed by atoms with E-state index in [0.717, 1.165) is 28.4 Å². The quantitative estimate of drug-likeness (QED) is 0.352. The molecule has 1 aromatic carbocycles. The van der Waals surface area contributed by atoms with Crippen molar-refractivity contribution in [2.24, 2.45) is 14.1 Å². The summed E-state index contributed by atoms with van der Waals surface area (Å²) in [6.45, 7) is 2.76. The van der Waals surface area contributed by atoms with Crippen LogP contribution in [0.15, 0.2) is 37.4 Å². The van der Waals surface area contributed by atoms with E-state index < -0.39 is 22.5 Å². The number of fused-ring (bicyclic) bond motifs is 3. The van der Waals surface area contributed by atoms with Gasteiger partial charge in [0, 0.05) is 26.0 Å². The average Bonchev–Trinajstić information content (AvgIpc) is 2.77. The molecule has 4 aromatic rings. The molecule has 0 fully saturated rings. The lowest BCUT2D eigenvalue weighted by molar-refractivity contribution is 0.568. The van der Waals surface area contributed by atoms with E-state index >= 15 is 0 Å². The number of hydrogen-bond acceptors (Lipinski definition) is 5. The molecular weight excluding hydrogens is 410 g/mol. The Hall–Kier alpha value is -3.49. The van der Waals surface area contributed by atoms with E-state index in [4.69, 9.17) is 0 Å². The fourth-order valence-corrected chi connectivity index (χ4v) is 4.18. The molecule has 4 rings (SSSR count). The van der Waals surface area contributed by atoms with Gasteiger partial charge in [0.25, 0.3) is 11.1 Å². The van der Waals surface area contributed by atoms with Crippen molar-refractivity contribution in [1.82, 2.24) is 23.7 Å². The Balaban J connectivity index is 1.97. The first kappa shape index (κ1) is 21.7. The highest BCUT2D eigenvalue weighted by molar-refractivity contribution is 5.99. The summed E-state index contributed by atoms with van der Waals surface area (Å²) in [5.74, 6) is 0. The van der Waals surface area contributed by atoms with Gasteiger partial charge in [-0.1, -0.05) is 39.0 Å². The fourth-order valence-electron chi connectivity index (χ4n) is 4.18. The number of aryl methyl sites for hydroxylation is 1. The van der Waals surface area contributed by atoms with Crippen LogP contribution in [0.2, 0.25) is 0 Å². The highest BCUT2D eigenvalue weighted by atomic mass is 16.2. The van der Waals surface area contributed by atoms with E-state index in [1.54, 1.807) is 18.2 Å². The van der Waals surface area contributed by atoms with Gasteiger partial charge in [-0.05, 0) is 24.6 Å². The molecule has 9 nitrogen and oxygen atoms in total. The van der Waals surface area contributed by atoms with Crippen molar-refractivity contribution in [3.63, 3.8) is 0 Å². The van der Waals surface area contributed by atoms with Crippen molar-refractivity contribution in [3.05, 3.63) is 59.9 Å². The van der Waals surface area contributed by atoms with Gasteiger partial charge < -0.3 is 4.57 Å². The van der Waals surface area contributed by atoms with Gasteiger partial charge in [0.05, 0.1) is 21.8 Å². The maximum Gasteiger partial charge on any atom is 0.350 e. The number of H-pyrrole nitrogens is 1. The molecule has 3 aromatic heterocycles. The zero-order valence-corrected chi connectivity index (χ0v) is 18.6. The number of unbranched alkanes of at least 4 members (excludes halogenated alkanes) is 5. The van der Waals surface area contributed by atoms with Crippen molar-refractivity contribution < 1.29 is 0 Å². The summed E-state index contributed by atoms with van der Waals surface area (Å²) in [5, 5.41) is 1.36. The number of benzene rings is 1. The maximum absolute atomic E-state index is 12.8. The normalized spacial score (nSPS) is 11.7. The van der Waals surface area contributed by atoms with Crippen molar-refractivity contribution in [1.29, 1.82) is 0 Å².